The third kappa shape index (κ3) is 5.06. The Morgan fingerprint density at radius 1 is 1.16 bits per heavy atom. The van der Waals surface area contributed by atoms with Crippen LogP contribution in [0.4, 0.5) is 0 Å². The highest BCUT2D eigenvalue weighted by Gasteiger charge is 2.26. The average Bonchev–Trinajstić information content (AvgIpc) is 3.21. The zero-order chi connectivity index (χ0) is 21.6. The van der Waals surface area contributed by atoms with Crippen molar-refractivity contribution < 1.29 is 9.59 Å². The molecule has 1 aliphatic heterocycles. The highest BCUT2D eigenvalue weighted by molar-refractivity contribution is 5.93. The van der Waals surface area contributed by atoms with Gasteiger partial charge in [0.15, 0.2) is 0 Å². The van der Waals surface area contributed by atoms with Crippen LogP contribution in [0, 0.1) is 5.92 Å². The van der Waals surface area contributed by atoms with Crippen molar-refractivity contribution in [3.8, 4) is 11.3 Å². The van der Waals surface area contributed by atoms with Crippen LogP contribution in [-0.4, -0.2) is 44.6 Å². The minimum atomic E-state index is -0.345. The molecular formula is C24H25N5O2. The van der Waals surface area contributed by atoms with Crippen molar-refractivity contribution >= 4 is 17.9 Å². The first-order valence-electron chi connectivity index (χ1n) is 10.4. The van der Waals surface area contributed by atoms with Gasteiger partial charge in [-0.1, -0.05) is 30.3 Å². The van der Waals surface area contributed by atoms with Gasteiger partial charge in [0, 0.05) is 48.9 Å². The molecule has 31 heavy (non-hydrogen) atoms. The van der Waals surface area contributed by atoms with Crippen molar-refractivity contribution in [2.45, 2.75) is 19.4 Å². The molecular weight excluding hydrogens is 390 g/mol. The van der Waals surface area contributed by atoms with Crippen molar-refractivity contribution in [1.29, 1.82) is 0 Å². The first-order valence-corrected chi connectivity index (χ1v) is 10.4. The van der Waals surface area contributed by atoms with Crippen LogP contribution in [-0.2, 0) is 16.1 Å². The quantitative estimate of drug-likeness (QED) is 0.627. The lowest BCUT2D eigenvalue weighted by molar-refractivity contribution is -0.130. The van der Waals surface area contributed by atoms with Crippen LogP contribution < -0.4 is 5.73 Å². The van der Waals surface area contributed by atoms with Crippen LogP contribution in [0.25, 0.3) is 17.3 Å². The Kier molecular flexibility index (Phi) is 6.21. The lowest BCUT2D eigenvalue weighted by Crippen LogP contribution is -2.43. The third-order valence-electron chi connectivity index (χ3n) is 5.45. The highest BCUT2D eigenvalue weighted by atomic mass is 16.2. The standard InChI is InChI=1S/C24H25N5O2/c25-24(31)21-9-5-13-28(16-21)22(30)11-10-20-17-29(15-18-6-2-1-3-7-18)27-23(20)19-8-4-12-26-14-19/h1-4,6-8,10-12,14,17,21H,5,9,13,15-16H2,(H2,25,31)/b11-10+. The molecule has 0 saturated carbocycles. The number of pyridine rings is 1. The molecule has 1 aromatic carbocycles. The van der Waals surface area contributed by atoms with Crippen molar-refractivity contribution in [2.24, 2.45) is 11.7 Å². The zero-order valence-electron chi connectivity index (χ0n) is 17.2. The molecule has 0 bridgehead atoms. The minimum Gasteiger partial charge on any atom is -0.369 e. The van der Waals surface area contributed by atoms with Gasteiger partial charge in [-0.05, 0) is 36.6 Å². The van der Waals surface area contributed by atoms with E-state index >= 15 is 0 Å². The summed E-state index contributed by atoms with van der Waals surface area (Å²) in [5, 5.41) is 4.74. The van der Waals surface area contributed by atoms with E-state index in [-0.39, 0.29) is 17.7 Å². The molecule has 1 atom stereocenters. The second kappa shape index (κ2) is 9.38. The van der Waals surface area contributed by atoms with E-state index in [0.717, 1.165) is 35.2 Å². The summed E-state index contributed by atoms with van der Waals surface area (Å²) in [6, 6.07) is 13.9. The number of piperidine rings is 1. The van der Waals surface area contributed by atoms with Gasteiger partial charge in [0.05, 0.1) is 12.5 Å². The summed E-state index contributed by atoms with van der Waals surface area (Å²) in [5.74, 6) is -0.743. The smallest absolute Gasteiger partial charge is 0.246 e. The van der Waals surface area contributed by atoms with Crippen LogP contribution in [0.3, 0.4) is 0 Å². The number of carbonyl (C=O) groups is 2. The lowest BCUT2D eigenvalue weighted by atomic mass is 9.97. The van der Waals surface area contributed by atoms with Gasteiger partial charge in [-0.25, -0.2) is 0 Å². The maximum Gasteiger partial charge on any atom is 0.246 e. The molecule has 0 spiro atoms. The van der Waals surface area contributed by atoms with Crippen LogP contribution in [0.5, 0.6) is 0 Å². The second-order valence-corrected chi connectivity index (χ2v) is 7.72. The number of hydrogen-bond donors (Lipinski definition) is 1. The predicted molar refractivity (Wildman–Crippen MR) is 119 cm³/mol. The maximum atomic E-state index is 12.7. The van der Waals surface area contributed by atoms with E-state index in [1.807, 2.05) is 41.2 Å². The number of benzene rings is 1. The van der Waals surface area contributed by atoms with Gasteiger partial charge in [0.25, 0.3) is 0 Å². The van der Waals surface area contributed by atoms with E-state index in [4.69, 9.17) is 10.8 Å². The summed E-state index contributed by atoms with van der Waals surface area (Å²) < 4.78 is 1.87. The zero-order valence-corrected chi connectivity index (χ0v) is 17.2. The van der Waals surface area contributed by atoms with Gasteiger partial charge in [0.1, 0.15) is 5.69 Å². The Balaban J connectivity index is 1.57. The average molecular weight is 415 g/mol. The molecule has 4 rings (SSSR count). The fraction of sp³-hybridized carbons (Fsp3) is 0.250. The van der Waals surface area contributed by atoms with Crippen LogP contribution in [0.15, 0.2) is 67.1 Å². The molecule has 1 fully saturated rings. The fourth-order valence-electron chi connectivity index (χ4n) is 3.81. The number of nitrogens with two attached hydrogens (primary N) is 1. The van der Waals surface area contributed by atoms with E-state index in [2.05, 4.69) is 17.1 Å². The number of amides is 2. The Morgan fingerprint density at radius 2 is 2.00 bits per heavy atom. The largest absolute Gasteiger partial charge is 0.369 e. The van der Waals surface area contributed by atoms with Crippen molar-refractivity contribution in [3.63, 3.8) is 0 Å². The van der Waals surface area contributed by atoms with Crippen LogP contribution in [0.2, 0.25) is 0 Å². The molecule has 7 heteroatoms. The number of rotatable bonds is 6. The molecule has 7 nitrogen and oxygen atoms in total. The first-order chi connectivity index (χ1) is 15.1. The molecule has 3 heterocycles. The summed E-state index contributed by atoms with van der Waals surface area (Å²) in [7, 11) is 0. The van der Waals surface area contributed by atoms with Gasteiger partial charge >= 0.3 is 0 Å². The van der Waals surface area contributed by atoms with Gasteiger partial charge in [-0.3, -0.25) is 19.3 Å². The second-order valence-electron chi connectivity index (χ2n) is 7.72. The van der Waals surface area contributed by atoms with E-state index in [1.165, 1.54) is 0 Å². The van der Waals surface area contributed by atoms with Crippen molar-refractivity contribution in [1.82, 2.24) is 19.7 Å². The van der Waals surface area contributed by atoms with Crippen LogP contribution >= 0.6 is 0 Å². The number of primary amides is 1. The molecule has 158 valence electrons. The summed E-state index contributed by atoms with van der Waals surface area (Å²) in [6.07, 6.45) is 10.3. The lowest BCUT2D eigenvalue weighted by Gasteiger charge is -2.30. The van der Waals surface area contributed by atoms with E-state index in [0.29, 0.717) is 19.6 Å². The number of hydrogen-bond acceptors (Lipinski definition) is 4. The number of likely N-dealkylation sites (tertiary alicyclic amines) is 1. The van der Waals surface area contributed by atoms with Gasteiger partial charge in [-0.15, -0.1) is 0 Å². The molecule has 1 unspecified atom stereocenters. The summed E-state index contributed by atoms with van der Waals surface area (Å²) in [4.78, 5) is 30.1. The topological polar surface area (TPSA) is 94.1 Å². The Hall–Kier alpha value is -3.74. The van der Waals surface area contributed by atoms with Crippen molar-refractivity contribution in [3.05, 3.63) is 78.3 Å². The third-order valence-corrected chi connectivity index (χ3v) is 5.45. The van der Waals surface area contributed by atoms with Gasteiger partial charge in [-0.2, -0.15) is 5.10 Å². The van der Waals surface area contributed by atoms with E-state index in [1.54, 1.807) is 29.4 Å². The van der Waals surface area contributed by atoms with E-state index in [9.17, 15) is 9.59 Å². The molecule has 0 aliphatic carbocycles. The molecule has 1 saturated heterocycles. The highest BCUT2D eigenvalue weighted by Crippen LogP contribution is 2.23. The Morgan fingerprint density at radius 3 is 2.74 bits per heavy atom. The Labute approximate surface area is 181 Å². The van der Waals surface area contributed by atoms with Gasteiger partial charge in [0.2, 0.25) is 11.8 Å². The molecule has 2 amide bonds. The summed E-state index contributed by atoms with van der Waals surface area (Å²) >= 11 is 0. The van der Waals surface area contributed by atoms with Crippen molar-refractivity contribution in [2.75, 3.05) is 13.1 Å². The monoisotopic (exact) mass is 415 g/mol. The SMILES string of the molecule is NC(=O)C1CCCN(C(=O)/C=C/c2cn(Cc3ccccc3)nc2-c2cccnc2)C1. The number of nitrogens with zero attached hydrogens (tertiary/aromatic N) is 4. The normalized spacial score (nSPS) is 16.5. The summed E-state index contributed by atoms with van der Waals surface area (Å²) in [6.45, 7) is 1.64. The van der Waals surface area contributed by atoms with Crippen LogP contribution in [0.1, 0.15) is 24.0 Å². The molecule has 0 radical (unpaired) electrons. The number of carbonyl (C=O) groups excluding carboxylic acids is 2. The number of aromatic nitrogens is 3. The predicted octanol–water partition coefficient (Wildman–Crippen LogP) is 2.73. The van der Waals surface area contributed by atoms with Gasteiger partial charge < -0.3 is 10.6 Å². The first kappa shape index (κ1) is 20.5. The molecule has 3 aromatic rings. The maximum absolute atomic E-state index is 12.7. The molecule has 2 aromatic heterocycles. The molecule has 2 N–H and O–H groups in total. The Bertz CT molecular complexity index is 1080. The minimum absolute atomic E-state index is 0.126. The van der Waals surface area contributed by atoms with E-state index < -0.39 is 0 Å². The summed E-state index contributed by atoms with van der Waals surface area (Å²) in [5.41, 5.74) is 9.05. The molecule has 1 aliphatic rings. The fourth-order valence-corrected chi connectivity index (χ4v) is 3.81.